The molecule has 0 radical (unpaired) electrons. The number of nitrogens with one attached hydrogen (secondary N) is 1. The summed E-state index contributed by atoms with van der Waals surface area (Å²) in [6.45, 7) is 0.723. The van der Waals surface area contributed by atoms with E-state index in [4.69, 9.17) is 4.52 Å². The van der Waals surface area contributed by atoms with E-state index in [1.54, 1.807) is 6.07 Å². The lowest BCUT2D eigenvalue weighted by atomic mass is 9.85. The molecule has 0 spiro atoms. The van der Waals surface area contributed by atoms with Crippen LogP contribution in [0.15, 0.2) is 39.6 Å². The molecule has 0 saturated carbocycles. The number of likely N-dealkylation sites (tertiary alicyclic amines) is 1. The Labute approximate surface area is 130 Å². The van der Waals surface area contributed by atoms with Crippen molar-refractivity contribution in [3.05, 3.63) is 57.6 Å². The Morgan fingerprint density at radius 2 is 2.09 bits per heavy atom. The van der Waals surface area contributed by atoms with Gasteiger partial charge in [0, 0.05) is 18.0 Å². The molecule has 1 aliphatic heterocycles. The van der Waals surface area contributed by atoms with Gasteiger partial charge in [0.25, 0.3) is 5.56 Å². The molecule has 2 aromatic rings. The van der Waals surface area contributed by atoms with Gasteiger partial charge >= 0.3 is 6.18 Å². The van der Waals surface area contributed by atoms with E-state index in [0.29, 0.717) is 17.7 Å². The fraction of sp³-hybridized carbons (Fsp3) is 0.438. The molecule has 1 aromatic heterocycles. The van der Waals surface area contributed by atoms with Crippen LogP contribution >= 0.6 is 0 Å². The van der Waals surface area contributed by atoms with E-state index >= 15 is 0 Å². The molecule has 1 fully saturated rings. The highest BCUT2D eigenvalue weighted by atomic mass is 19.4. The van der Waals surface area contributed by atoms with Crippen molar-refractivity contribution in [2.75, 3.05) is 13.6 Å². The lowest BCUT2D eigenvalue weighted by molar-refractivity contribution is -0.137. The molecule has 1 saturated heterocycles. The average Bonchev–Trinajstić information content (AvgIpc) is 2.93. The summed E-state index contributed by atoms with van der Waals surface area (Å²) in [5.74, 6) is 0.588. The lowest BCUT2D eigenvalue weighted by Gasteiger charge is -2.36. The number of piperidine rings is 1. The summed E-state index contributed by atoms with van der Waals surface area (Å²) in [6.07, 6.45) is -2.94. The van der Waals surface area contributed by atoms with Crippen molar-refractivity contribution < 1.29 is 17.7 Å². The summed E-state index contributed by atoms with van der Waals surface area (Å²) < 4.78 is 43.9. The third-order valence-corrected chi connectivity index (χ3v) is 4.41. The first-order chi connectivity index (χ1) is 10.8. The van der Waals surface area contributed by atoms with E-state index < -0.39 is 11.7 Å². The van der Waals surface area contributed by atoms with E-state index in [2.05, 4.69) is 5.16 Å². The number of rotatable bonds is 2. The molecule has 1 aliphatic rings. The third kappa shape index (κ3) is 3.34. The van der Waals surface area contributed by atoms with Crippen molar-refractivity contribution in [1.82, 2.24) is 10.1 Å². The van der Waals surface area contributed by atoms with Crippen LogP contribution in [0.25, 0.3) is 0 Å². The first-order valence-electron chi connectivity index (χ1n) is 7.40. The summed E-state index contributed by atoms with van der Waals surface area (Å²) in [5.41, 5.74) is -0.307. The van der Waals surface area contributed by atoms with Crippen molar-refractivity contribution in [3.8, 4) is 0 Å². The molecule has 124 valence electrons. The summed E-state index contributed by atoms with van der Waals surface area (Å²) in [7, 11) is 1.90. The third-order valence-electron chi connectivity index (χ3n) is 4.41. The van der Waals surface area contributed by atoms with Crippen LogP contribution in [0.4, 0.5) is 13.2 Å². The molecule has 23 heavy (non-hydrogen) atoms. The second-order valence-corrected chi connectivity index (χ2v) is 5.96. The predicted octanol–water partition coefficient (Wildman–Crippen LogP) is 3.54. The van der Waals surface area contributed by atoms with Gasteiger partial charge in [-0.2, -0.15) is 18.3 Å². The van der Waals surface area contributed by atoms with Crippen LogP contribution in [0.3, 0.4) is 0 Å². The standard InChI is InChI=1S/C16H17F3N2O2/c1-21-6-5-11(14-9-15(22)20-23-14)8-13(21)10-3-2-4-12(7-10)16(17,18)19/h2-4,7,9,11,13H,5-6,8H2,1H3,(H,20,22). The van der Waals surface area contributed by atoms with E-state index in [1.165, 1.54) is 18.2 Å². The predicted molar refractivity (Wildman–Crippen MR) is 78.1 cm³/mol. The summed E-state index contributed by atoms with van der Waals surface area (Å²) in [6, 6.07) is 6.71. The number of halogens is 3. The summed E-state index contributed by atoms with van der Waals surface area (Å²) in [5, 5.41) is 2.27. The molecule has 0 amide bonds. The van der Waals surface area contributed by atoms with Gasteiger partial charge in [0.05, 0.1) is 5.56 Å². The molecule has 1 aromatic carbocycles. The summed E-state index contributed by atoms with van der Waals surface area (Å²) in [4.78, 5) is 13.3. The van der Waals surface area contributed by atoms with Gasteiger partial charge in [0.2, 0.25) is 0 Å². The van der Waals surface area contributed by atoms with Crippen molar-refractivity contribution >= 4 is 0 Å². The molecule has 0 bridgehead atoms. The first-order valence-corrected chi connectivity index (χ1v) is 7.40. The first kappa shape index (κ1) is 15.9. The number of aromatic nitrogens is 1. The zero-order chi connectivity index (χ0) is 16.6. The Bertz CT molecular complexity index is 735. The largest absolute Gasteiger partial charge is 0.416 e. The fourth-order valence-corrected chi connectivity index (χ4v) is 3.15. The van der Waals surface area contributed by atoms with Gasteiger partial charge in [-0.1, -0.05) is 12.1 Å². The van der Waals surface area contributed by atoms with Crippen LogP contribution in [0.5, 0.6) is 0 Å². The molecular weight excluding hydrogens is 309 g/mol. The molecule has 0 aliphatic carbocycles. The quantitative estimate of drug-likeness (QED) is 0.918. The highest BCUT2D eigenvalue weighted by Gasteiger charge is 2.34. The Morgan fingerprint density at radius 1 is 1.30 bits per heavy atom. The average molecular weight is 326 g/mol. The van der Waals surface area contributed by atoms with E-state index in [0.717, 1.165) is 19.0 Å². The van der Waals surface area contributed by atoms with Gasteiger partial charge in [-0.3, -0.25) is 9.69 Å². The maximum absolute atomic E-state index is 12.9. The number of hydrogen-bond acceptors (Lipinski definition) is 3. The number of aromatic amines is 1. The number of hydrogen-bond donors (Lipinski definition) is 1. The Balaban J connectivity index is 1.87. The SMILES string of the molecule is CN1CCC(c2cc(=O)[nH]o2)CC1c1cccc(C(F)(F)F)c1. The van der Waals surface area contributed by atoms with Crippen molar-refractivity contribution in [1.29, 1.82) is 0 Å². The molecule has 4 nitrogen and oxygen atoms in total. The number of benzene rings is 1. The van der Waals surface area contributed by atoms with Gasteiger partial charge < -0.3 is 4.52 Å². The monoisotopic (exact) mass is 326 g/mol. The highest BCUT2D eigenvalue weighted by molar-refractivity contribution is 5.29. The van der Waals surface area contributed by atoms with Gasteiger partial charge in [0.15, 0.2) is 0 Å². The van der Waals surface area contributed by atoms with Crippen LogP contribution < -0.4 is 5.56 Å². The van der Waals surface area contributed by atoms with Crippen LogP contribution in [0.1, 0.15) is 41.7 Å². The number of H-pyrrole nitrogens is 1. The molecular formula is C16H17F3N2O2. The minimum absolute atomic E-state index is 0.0182. The van der Waals surface area contributed by atoms with E-state index in [-0.39, 0.29) is 17.5 Å². The van der Waals surface area contributed by atoms with Gasteiger partial charge in [0.1, 0.15) is 5.76 Å². The van der Waals surface area contributed by atoms with Crippen molar-refractivity contribution in [2.24, 2.45) is 0 Å². The van der Waals surface area contributed by atoms with Gasteiger partial charge in [-0.15, -0.1) is 0 Å². The second-order valence-electron chi connectivity index (χ2n) is 5.96. The molecule has 2 atom stereocenters. The molecule has 1 N–H and O–H groups in total. The molecule has 3 rings (SSSR count). The van der Waals surface area contributed by atoms with E-state index in [9.17, 15) is 18.0 Å². The maximum atomic E-state index is 12.9. The second kappa shape index (κ2) is 5.88. The molecule has 2 unspecified atom stereocenters. The normalized spacial score (nSPS) is 23.1. The van der Waals surface area contributed by atoms with Crippen LogP contribution in [0.2, 0.25) is 0 Å². The lowest BCUT2D eigenvalue weighted by Crippen LogP contribution is -2.33. The van der Waals surface area contributed by atoms with Crippen LogP contribution in [-0.2, 0) is 6.18 Å². The van der Waals surface area contributed by atoms with E-state index in [1.807, 2.05) is 11.9 Å². The maximum Gasteiger partial charge on any atom is 0.416 e. The Morgan fingerprint density at radius 3 is 2.74 bits per heavy atom. The topological polar surface area (TPSA) is 49.2 Å². The number of nitrogens with zero attached hydrogens (tertiary/aromatic N) is 1. The van der Waals surface area contributed by atoms with Gasteiger partial charge in [-0.25, -0.2) is 0 Å². The zero-order valence-corrected chi connectivity index (χ0v) is 12.6. The minimum atomic E-state index is -4.35. The fourth-order valence-electron chi connectivity index (χ4n) is 3.15. The van der Waals surface area contributed by atoms with Gasteiger partial charge in [-0.05, 0) is 44.1 Å². The van der Waals surface area contributed by atoms with Crippen LogP contribution in [-0.4, -0.2) is 23.6 Å². The van der Waals surface area contributed by atoms with Crippen LogP contribution in [0, 0.1) is 0 Å². The van der Waals surface area contributed by atoms with Crippen molar-refractivity contribution in [2.45, 2.75) is 31.0 Å². The Kier molecular flexibility index (Phi) is 4.06. The Hall–Kier alpha value is -2.02. The zero-order valence-electron chi connectivity index (χ0n) is 12.6. The minimum Gasteiger partial charge on any atom is -0.383 e. The van der Waals surface area contributed by atoms with Crippen molar-refractivity contribution in [3.63, 3.8) is 0 Å². The number of alkyl halides is 3. The molecule has 7 heteroatoms. The summed E-state index contributed by atoms with van der Waals surface area (Å²) >= 11 is 0. The molecule has 2 heterocycles. The highest BCUT2D eigenvalue weighted by Crippen LogP contribution is 2.39. The smallest absolute Gasteiger partial charge is 0.383 e.